The lowest BCUT2D eigenvalue weighted by Crippen LogP contribution is -2.32. The van der Waals surface area contributed by atoms with E-state index in [1.165, 1.54) is 0 Å². The molecule has 0 aromatic carbocycles. The first-order valence-corrected chi connectivity index (χ1v) is 4.11. The molecule has 0 saturated carbocycles. The summed E-state index contributed by atoms with van der Waals surface area (Å²) in [6.45, 7) is 3.85. The van der Waals surface area contributed by atoms with Gasteiger partial charge in [0, 0.05) is 11.6 Å². The fourth-order valence-electron chi connectivity index (χ4n) is 0.725. The average Bonchev–Trinajstić information content (AvgIpc) is 2.37. The van der Waals surface area contributed by atoms with Crippen LogP contribution in [0.5, 0.6) is 0 Å². The lowest BCUT2D eigenvalue weighted by atomic mass is 10.1. The summed E-state index contributed by atoms with van der Waals surface area (Å²) in [5.74, 6) is 0. The van der Waals surface area contributed by atoms with Crippen molar-refractivity contribution < 1.29 is 0 Å². The Hall–Kier alpha value is -1.08. The Morgan fingerprint density at radius 3 is 2.91 bits per heavy atom. The standard InChI is InChI=1S/C7H9N3S/c1-7(2,10-5-8)6-9-3-4-11-6/h3-4,10H,1-2H3. The number of nitriles is 1. The van der Waals surface area contributed by atoms with E-state index in [1.54, 1.807) is 17.5 Å². The minimum absolute atomic E-state index is 0.330. The summed E-state index contributed by atoms with van der Waals surface area (Å²) in [4.78, 5) is 4.11. The molecule has 1 heterocycles. The van der Waals surface area contributed by atoms with E-state index in [9.17, 15) is 0 Å². The van der Waals surface area contributed by atoms with Crippen LogP contribution in [0.1, 0.15) is 18.9 Å². The van der Waals surface area contributed by atoms with Crippen molar-refractivity contribution in [1.82, 2.24) is 10.3 Å². The molecule has 0 bridgehead atoms. The van der Waals surface area contributed by atoms with E-state index in [2.05, 4.69) is 10.3 Å². The van der Waals surface area contributed by atoms with Crippen LogP contribution >= 0.6 is 11.3 Å². The molecule has 1 aromatic rings. The zero-order valence-electron chi connectivity index (χ0n) is 6.46. The van der Waals surface area contributed by atoms with Gasteiger partial charge in [0.15, 0.2) is 6.19 Å². The Morgan fingerprint density at radius 2 is 2.45 bits per heavy atom. The molecule has 1 rings (SSSR count). The Morgan fingerprint density at radius 1 is 1.73 bits per heavy atom. The van der Waals surface area contributed by atoms with E-state index in [4.69, 9.17) is 5.26 Å². The number of nitrogens with zero attached hydrogens (tertiary/aromatic N) is 2. The van der Waals surface area contributed by atoms with Crippen LogP contribution in [-0.4, -0.2) is 4.98 Å². The molecular weight excluding hydrogens is 158 g/mol. The maximum atomic E-state index is 8.42. The summed E-state index contributed by atoms with van der Waals surface area (Å²) < 4.78 is 0. The summed E-state index contributed by atoms with van der Waals surface area (Å²) in [6.07, 6.45) is 3.65. The SMILES string of the molecule is CC(C)(NC#N)c1nccs1. The molecule has 0 saturated heterocycles. The third-order valence-electron chi connectivity index (χ3n) is 1.34. The van der Waals surface area contributed by atoms with Crippen LogP contribution in [0.3, 0.4) is 0 Å². The minimum atomic E-state index is -0.330. The summed E-state index contributed by atoms with van der Waals surface area (Å²) in [5.41, 5.74) is -0.330. The third kappa shape index (κ3) is 1.69. The molecule has 3 nitrogen and oxygen atoms in total. The van der Waals surface area contributed by atoms with Crippen LogP contribution in [0.15, 0.2) is 11.6 Å². The van der Waals surface area contributed by atoms with Gasteiger partial charge in [0.05, 0.1) is 5.54 Å². The molecule has 0 atom stereocenters. The topological polar surface area (TPSA) is 48.7 Å². The Bertz CT molecular complexity index is 258. The fourth-order valence-corrected chi connectivity index (χ4v) is 1.44. The minimum Gasteiger partial charge on any atom is -0.312 e. The van der Waals surface area contributed by atoms with E-state index in [0.29, 0.717) is 0 Å². The molecule has 1 N–H and O–H groups in total. The molecule has 0 aliphatic rings. The van der Waals surface area contributed by atoms with Crippen molar-refractivity contribution >= 4 is 11.3 Å². The van der Waals surface area contributed by atoms with Gasteiger partial charge in [-0.05, 0) is 13.8 Å². The van der Waals surface area contributed by atoms with Gasteiger partial charge in [-0.25, -0.2) is 4.98 Å². The molecule has 0 spiro atoms. The maximum absolute atomic E-state index is 8.42. The summed E-state index contributed by atoms with van der Waals surface area (Å²) in [6, 6.07) is 0. The average molecular weight is 167 g/mol. The van der Waals surface area contributed by atoms with Gasteiger partial charge >= 0.3 is 0 Å². The number of hydrogen-bond acceptors (Lipinski definition) is 4. The van der Waals surface area contributed by atoms with Crippen molar-refractivity contribution in [2.75, 3.05) is 0 Å². The van der Waals surface area contributed by atoms with Crippen molar-refractivity contribution in [1.29, 1.82) is 5.26 Å². The molecule has 0 radical (unpaired) electrons. The lowest BCUT2D eigenvalue weighted by Gasteiger charge is -2.18. The molecule has 1 aromatic heterocycles. The van der Waals surface area contributed by atoms with Crippen LogP contribution in [0.2, 0.25) is 0 Å². The molecule has 11 heavy (non-hydrogen) atoms. The molecular formula is C7H9N3S. The predicted octanol–water partition coefficient (Wildman–Crippen LogP) is 1.45. The molecule has 0 fully saturated rings. The van der Waals surface area contributed by atoms with Crippen molar-refractivity contribution in [3.8, 4) is 6.19 Å². The first-order chi connectivity index (χ1) is 5.17. The van der Waals surface area contributed by atoms with Gasteiger partial charge in [-0.2, -0.15) is 5.26 Å². The summed E-state index contributed by atoms with van der Waals surface area (Å²) >= 11 is 1.55. The molecule has 58 valence electrons. The van der Waals surface area contributed by atoms with E-state index >= 15 is 0 Å². The zero-order chi connectivity index (χ0) is 8.32. The number of nitrogens with one attached hydrogen (secondary N) is 1. The first-order valence-electron chi connectivity index (χ1n) is 3.23. The third-order valence-corrected chi connectivity index (χ3v) is 2.43. The van der Waals surface area contributed by atoms with Crippen LogP contribution in [-0.2, 0) is 5.54 Å². The number of aromatic nitrogens is 1. The van der Waals surface area contributed by atoms with Crippen LogP contribution in [0.4, 0.5) is 0 Å². The van der Waals surface area contributed by atoms with Gasteiger partial charge in [0.25, 0.3) is 0 Å². The number of thiazole rings is 1. The quantitative estimate of drug-likeness (QED) is 0.535. The number of hydrogen-bond donors (Lipinski definition) is 1. The second-order valence-electron chi connectivity index (χ2n) is 2.70. The van der Waals surface area contributed by atoms with Gasteiger partial charge in [-0.1, -0.05) is 0 Å². The van der Waals surface area contributed by atoms with E-state index < -0.39 is 0 Å². The Labute approximate surface area is 69.7 Å². The number of rotatable bonds is 2. The van der Waals surface area contributed by atoms with Crippen LogP contribution in [0, 0.1) is 11.5 Å². The van der Waals surface area contributed by atoms with Crippen LogP contribution in [0.25, 0.3) is 0 Å². The second-order valence-corrected chi connectivity index (χ2v) is 3.59. The van der Waals surface area contributed by atoms with E-state index in [1.807, 2.05) is 25.4 Å². The molecule has 0 amide bonds. The van der Waals surface area contributed by atoms with E-state index in [0.717, 1.165) is 5.01 Å². The molecule has 0 aliphatic carbocycles. The van der Waals surface area contributed by atoms with Crippen molar-refractivity contribution in [2.24, 2.45) is 0 Å². The second kappa shape index (κ2) is 2.89. The van der Waals surface area contributed by atoms with Crippen LogP contribution < -0.4 is 5.32 Å². The maximum Gasteiger partial charge on any atom is 0.177 e. The zero-order valence-corrected chi connectivity index (χ0v) is 7.27. The first kappa shape index (κ1) is 8.02. The highest BCUT2D eigenvalue weighted by Crippen LogP contribution is 2.20. The van der Waals surface area contributed by atoms with Gasteiger partial charge in [-0.3, -0.25) is 0 Å². The van der Waals surface area contributed by atoms with Gasteiger partial charge < -0.3 is 5.32 Å². The monoisotopic (exact) mass is 167 g/mol. The molecule has 0 aliphatic heterocycles. The Balaban J connectivity index is 2.83. The Kier molecular flexibility index (Phi) is 2.11. The normalized spacial score (nSPS) is 10.6. The van der Waals surface area contributed by atoms with Crippen molar-refractivity contribution in [3.63, 3.8) is 0 Å². The highest BCUT2D eigenvalue weighted by molar-refractivity contribution is 7.09. The molecule has 0 unspecified atom stereocenters. The van der Waals surface area contributed by atoms with Crippen molar-refractivity contribution in [2.45, 2.75) is 19.4 Å². The largest absolute Gasteiger partial charge is 0.312 e. The van der Waals surface area contributed by atoms with Gasteiger partial charge in [0.2, 0.25) is 0 Å². The molecule has 4 heteroatoms. The smallest absolute Gasteiger partial charge is 0.177 e. The summed E-state index contributed by atoms with van der Waals surface area (Å²) in [7, 11) is 0. The van der Waals surface area contributed by atoms with Gasteiger partial charge in [-0.15, -0.1) is 11.3 Å². The van der Waals surface area contributed by atoms with Gasteiger partial charge in [0.1, 0.15) is 5.01 Å². The summed E-state index contributed by atoms with van der Waals surface area (Å²) in [5, 5.41) is 13.9. The van der Waals surface area contributed by atoms with Crippen molar-refractivity contribution in [3.05, 3.63) is 16.6 Å². The lowest BCUT2D eigenvalue weighted by molar-refractivity contribution is 0.471. The fraction of sp³-hybridized carbons (Fsp3) is 0.429. The highest BCUT2D eigenvalue weighted by Gasteiger charge is 2.21. The predicted molar refractivity (Wildman–Crippen MR) is 43.9 cm³/mol. The highest BCUT2D eigenvalue weighted by atomic mass is 32.1. The van der Waals surface area contributed by atoms with E-state index in [-0.39, 0.29) is 5.54 Å².